The molecule has 0 atom stereocenters. The van der Waals surface area contributed by atoms with E-state index in [0.29, 0.717) is 35.2 Å². The number of rotatable bonds is 8. The van der Waals surface area contributed by atoms with Crippen LogP contribution in [0.1, 0.15) is 51.0 Å². The monoisotopic (exact) mass is 472 g/mol. The van der Waals surface area contributed by atoms with Gasteiger partial charge in [-0.1, -0.05) is 23.7 Å². The standard InChI is InChI=1S/C25H29ClN2O5/c1-25(2,24(31)32)28-23(30)18-5-3-16(4-6-18)17-7-11-20(12-8-17)27-22(29)15-33-21-13-9-19(26)10-14-21/h7-14,16,18H,3-6,15H2,1-2H3,(H,27,29)(H,28,30)(H,31,32). The molecule has 2 aromatic carbocycles. The van der Waals surface area contributed by atoms with Crippen LogP contribution in [0.2, 0.25) is 5.02 Å². The molecule has 7 nitrogen and oxygen atoms in total. The van der Waals surface area contributed by atoms with E-state index in [9.17, 15) is 19.5 Å². The molecule has 0 aromatic heterocycles. The van der Waals surface area contributed by atoms with Gasteiger partial charge < -0.3 is 20.5 Å². The fourth-order valence-corrected chi connectivity index (χ4v) is 3.99. The second kappa shape index (κ2) is 10.7. The van der Waals surface area contributed by atoms with Crippen molar-refractivity contribution in [2.24, 2.45) is 5.92 Å². The van der Waals surface area contributed by atoms with E-state index in [2.05, 4.69) is 10.6 Å². The summed E-state index contributed by atoms with van der Waals surface area (Å²) in [6.45, 7) is 2.88. The van der Waals surface area contributed by atoms with Crippen molar-refractivity contribution in [3.63, 3.8) is 0 Å². The highest BCUT2D eigenvalue weighted by Crippen LogP contribution is 2.36. The number of carbonyl (C=O) groups is 3. The second-order valence-electron chi connectivity index (χ2n) is 8.88. The number of carboxylic acids is 1. The summed E-state index contributed by atoms with van der Waals surface area (Å²) in [5.74, 6) is -0.763. The van der Waals surface area contributed by atoms with Gasteiger partial charge in [0, 0.05) is 16.6 Å². The molecule has 1 aliphatic rings. The first-order valence-corrected chi connectivity index (χ1v) is 11.4. The van der Waals surface area contributed by atoms with Crippen LogP contribution in [-0.4, -0.2) is 35.0 Å². The number of ether oxygens (including phenoxy) is 1. The van der Waals surface area contributed by atoms with Crippen molar-refractivity contribution in [2.45, 2.75) is 51.0 Å². The molecule has 8 heteroatoms. The Morgan fingerprint density at radius 1 is 1.00 bits per heavy atom. The summed E-state index contributed by atoms with van der Waals surface area (Å²) in [6.07, 6.45) is 3.14. The zero-order valence-electron chi connectivity index (χ0n) is 18.8. The van der Waals surface area contributed by atoms with Crippen molar-refractivity contribution in [1.82, 2.24) is 5.32 Å². The topological polar surface area (TPSA) is 105 Å². The van der Waals surface area contributed by atoms with Crippen LogP contribution in [0.15, 0.2) is 48.5 Å². The fourth-order valence-electron chi connectivity index (χ4n) is 3.87. The van der Waals surface area contributed by atoms with Gasteiger partial charge in [0.05, 0.1) is 0 Å². The summed E-state index contributed by atoms with van der Waals surface area (Å²) < 4.78 is 5.45. The van der Waals surface area contributed by atoms with Crippen molar-refractivity contribution >= 4 is 35.1 Å². The lowest BCUT2D eigenvalue weighted by molar-refractivity contribution is -0.146. The smallest absolute Gasteiger partial charge is 0.328 e. The molecule has 33 heavy (non-hydrogen) atoms. The normalized spacial score (nSPS) is 18.3. The van der Waals surface area contributed by atoms with E-state index in [1.54, 1.807) is 24.3 Å². The zero-order valence-corrected chi connectivity index (χ0v) is 19.5. The molecule has 0 unspecified atom stereocenters. The second-order valence-corrected chi connectivity index (χ2v) is 9.32. The highest BCUT2D eigenvalue weighted by atomic mass is 35.5. The number of hydrogen-bond acceptors (Lipinski definition) is 4. The van der Waals surface area contributed by atoms with Gasteiger partial charge in [0.1, 0.15) is 11.3 Å². The highest BCUT2D eigenvalue weighted by Gasteiger charge is 2.33. The van der Waals surface area contributed by atoms with Gasteiger partial charge in [-0.3, -0.25) is 9.59 Å². The van der Waals surface area contributed by atoms with Crippen molar-refractivity contribution in [2.75, 3.05) is 11.9 Å². The number of anilines is 1. The lowest BCUT2D eigenvalue weighted by Gasteiger charge is -2.30. The maximum Gasteiger partial charge on any atom is 0.328 e. The molecule has 176 valence electrons. The van der Waals surface area contributed by atoms with Gasteiger partial charge in [0.25, 0.3) is 5.91 Å². The van der Waals surface area contributed by atoms with Crippen LogP contribution in [0.4, 0.5) is 5.69 Å². The van der Waals surface area contributed by atoms with Crippen LogP contribution in [0.25, 0.3) is 0 Å². The molecule has 1 fully saturated rings. The fraction of sp³-hybridized carbons (Fsp3) is 0.400. The first kappa shape index (κ1) is 24.6. The Kier molecular flexibility index (Phi) is 7.97. The summed E-state index contributed by atoms with van der Waals surface area (Å²) in [5.41, 5.74) is 0.580. The number of amides is 2. The van der Waals surface area contributed by atoms with Crippen LogP contribution >= 0.6 is 11.6 Å². The van der Waals surface area contributed by atoms with Crippen molar-refractivity contribution < 1.29 is 24.2 Å². The molecular formula is C25H29ClN2O5. The lowest BCUT2D eigenvalue weighted by atomic mass is 9.78. The Morgan fingerprint density at radius 2 is 1.61 bits per heavy atom. The van der Waals surface area contributed by atoms with Gasteiger partial charge in [0.2, 0.25) is 5.91 Å². The molecule has 3 N–H and O–H groups in total. The third kappa shape index (κ3) is 6.96. The Hall–Kier alpha value is -3.06. The van der Waals surface area contributed by atoms with E-state index in [0.717, 1.165) is 18.4 Å². The third-order valence-electron chi connectivity index (χ3n) is 5.92. The number of carboxylic acid groups (broad SMARTS) is 1. The third-order valence-corrected chi connectivity index (χ3v) is 6.17. The summed E-state index contributed by atoms with van der Waals surface area (Å²) in [7, 11) is 0. The van der Waals surface area contributed by atoms with E-state index in [1.807, 2.05) is 24.3 Å². The van der Waals surface area contributed by atoms with E-state index >= 15 is 0 Å². The van der Waals surface area contributed by atoms with Gasteiger partial charge in [-0.15, -0.1) is 0 Å². The first-order chi connectivity index (χ1) is 15.6. The predicted molar refractivity (Wildman–Crippen MR) is 127 cm³/mol. The minimum Gasteiger partial charge on any atom is -0.484 e. The Morgan fingerprint density at radius 3 is 2.18 bits per heavy atom. The molecule has 0 heterocycles. The van der Waals surface area contributed by atoms with Crippen LogP contribution in [0.3, 0.4) is 0 Å². The SMILES string of the molecule is CC(C)(NC(=O)C1CCC(c2ccc(NC(=O)COc3ccc(Cl)cc3)cc2)CC1)C(=O)O. The van der Waals surface area contributed by atoms with Gasteiger partial charge in [-0.05, 0) is 87.4 Å². The van der Waals surface area contributed by atoms with Crippen LogP contribution < -0.4 is 15.4 Å². The molecule has 3 rings (SSSR count). The van der Waals surface area contributed by atoms with Gasteiger partial charge in [0.15, 0.2) is 6.61 Å². The molecule has 0 bridgehead atoms. The minimum absolute atomic E-state index is 0.103. The zero-order chi connectivity index (χ0) is 24.0. The Bertz CT molecular complexity index is 981. The molecule has 0 spiro atoms. The number of benzene rings is 2. The van der Waals surface area contributed by atoms with Gasteiger partial charge in [-0.2, -0.15) is 0 Å². The summed E-state index contributed by atoms with van der Waals surface area (Å²) >= 11 is 5.83. The number of nitrogens with one attached hydrogen (secondary N) is 2. The number of halogens is 1. The maximum absolute atomic E-state index is 12.4. The summed E-state index contributed by atoms with van der Waals surface area (Å²) in [4.78, 5) is 35.8. The molecular weight excluding hydrogens is 444 g/mol. The summed E-state index contributed by atoms with van der Waals surface area (Å²) in [5, 5.41) is 15.2. The number of carbonyl (C=O) groups excluding carboxylic acids is 2. The average Bonchev–Trinajstić information content (AvgIpc) is 2.79. The van der Waals surface area contributed by atoms with Gasteiger partial charge >= 0.3 is 5.97 Å². The number of hydrogen-bond donors (Lipinski definition) is 3. The summed E-state index contributed by atoms with van der Waals surface area (Å²) in [6, 6.07) is 14.5. The van der Waals surface area contributed by atoms with Crippen LogP contribution in [-0.2, 0) is 14.4 Å². The Labute approximate surface area is 198 Å². The average molecular weight is 473 g/mol. The van der Waals surface area contributed by atoms with Crippen molar-refractivity contribution in [3.8, 4) is 5.75 Å². The van der Waals surface area contributed by atoms with E-state index in [1.165, 1.54) is 13.8 Å². The largest absolute Gasteiger partial charge is 0.484 e. The van der Waals surface area contributed by atoms with Crippen LogP contribution in [0.5, 0.6) is 5.75 Å². The van der Waals surface area contributed by atoms with E-state index in [-0.39, 0.29) is 24.3 Å². The van der Waals surface area contributed by atoms with Crippen LogP contribution in [0, 0.1) is 5.92 Å². The first-order valence-electron chi connectivity index (χ1n) is 11.0. The minimum atomic E-state index is -1.27. The molecule has 0 saturated heterocycles. The lowest BCUT2D eigenvalue weighted by Crippen LogP contribution is -2.51. The molecule has 1 saturated carbocycles. The van der Waals surface area contributed by atoms with Gasteiger partial charge in [-0.25, -0.2) is 4.79 Å². The predicted octanol–water partition coefficient (Wildman–Crippen LogP) is 4.61. The molecule has 2 amide bonds. The molecule has 0 radical (unpaired) electrons. The number of aliphatic carboxylic acids is 1. The van der Waals surface area contributed by atoms with Crippen molar-refractivity contribution in [1.29, 1.82) is 0 Å². The maximum atomic E-state index is 12.4. The quantitative estimate of drug-likeness (QED) is 0.520. The van der Waals surface area contributed by atoms with Crippen molar-refractivity contribution in [3.05, 3.63) is 59.1 Å². The molecule has 2 aromatic rings. The Balaban J connectivity index is 1.45. The molecule has 0 aliphatic heterocycles. The molecule has 1 aliphatic carbocycles. The highest BCUT2D eigenvalue weighted by molar-refractivity contribution is 6.30. The van der Waals surface area contributed by atoms with E-state index in [4.69, 9.17) is 16.3 Å². The van der Waals surface area contributed by atoms with E-state index < -0.39 is 11.5 Å².